The Morgan fingerprint density at radius 2 is 1.81 bits per heavy atom. The average molecular weight is 232 g/mol. The summed E-state index contributed by atoms with van der Waals surface area (Å²) in [6.45, 7) is 0. The van der Waals surface area contributed by atoms with Crippen LogP contribution in [-0.4, -0.2) is 19.3 Å². The smallest absolute Gasteiger partial charge is 0.338 e. The molecule has 0 saturated carbocycles. The van der Waals surface area contributed by atoms with Crippen molar-refractivity contribution in [3.05, 3.63) is 42.0 Å². The van der Waals surface area contributed by atoms with Crippen molar-refractivity contribution >= 4 is 28.5 Å². The molecular formula is C13H12O2S. The van der Waals surface area contributed by atoms with E-state index in [-0.39, 0.29) is 5.97 Å². The lowest BCUT2D eigenvalue weighted by molar-refractivity contribution is 0.0603. The summed E-state index contributed by atoms with van der Waals surface area (Å²) in [5, 5.41) is 2.04. The zero-order chi connectivity index (χ0) is 11.5. The number of fused-ring (bicyclic) bond motifs is 1. The third-order valence-corrected chi connectivity index (χ3v) is 3.31. The van der Waals surface area contributed by atoms with E-state index in [0.29, 0.717) is 5.56 Å². The number of hydrogen-bond acceptors (Lipinski definition) is 3. The largest absolute Gasteiger partial charge is 0.465 e. The first-order chi connectivity index (χ1) is 7.77. The molecule has 0 heterocycles. The molecule has 0 unspecified atom stereocenters. The molecule has 0 spiro atoms. The van der Waals surface area contributed by atoms with E-state index < -0.39 is 0 Å². The van der Waals surface area contributed by atoms with Gasteiger partial charge >= 0.3 is 5.97 Å². The van der Waals surface area contributed by atoms with Gasteiger partial charge in [0.1, 0.15) is 0 Å². The predicted octanol–water partition coefficient (Wildman–Crippen LogP) is 3.35. The third-order valence-electron chi connectivity index (χ3n) is 2.51. The molecule has 0 N–H and O–H groups in total. The van der Waals surface area contributed by atoms with Crippen molar-refractivity contribution < 1.29 is 9.53 Å². The highest BCUT2D eigenvalue weighted by Gasteiger charge is 2.11. The van der Waals surface area contributed by atoms with Gasteiger partial charge in [-0.3, -0.25) is 0 Å². The molecular weight excluding hydrogens is 220 g/mol. The Labute approximate surface area is 98.6 Å². The van der Waals surface area contributed by atoms with E-state index in [1.165, 1.54) is 12.0 Å². The van der Waals surface area contributed by atoms with Crippen molar-refractivity contribution in [3.63, 3.8) is 0 Å². The fraction of sp³-hybridized carbons (Fsp3) is 0.154. The number of rotatable bonds is 2. The lowest BCUT2D eigenvalue weighted by Gasteiger charge is -2.07. The minimum Gasteiger partial charge on any atom is -0.465 e. The van der Waals surface area contributed by atoms with Crippen molar-refractivity contribution in [1.29, 1.82) is 0 Å². The van der Waals surface area contributed by atoms with Crippen molar-refractivity contribution in [2.75, 3.05) is 13.4 Å². The van der Waals surface area contributed by atoms with Crippen LogP contribution in [0.25, 0.3) is 10.8 Å². The Hall–Kier alpha value is -1.48. The average Bonchev–Trinajstić information content (AvgIpc) is 2.36. The quantitative estimate of drug-likeness (QED) is 0.586. The van der Waals surface area contributed by atoms with E-state index in [9.17, 15) is 4.79 Å². The SMILES string of the molecule is COC(=O)c1ccc(SC)c2ccccc12. The van der Waals surface area contributed by atoms with Gasteiger partial charge in [-0.15, -0.1) is 11.8 Å². The monoisotopic (exact) mass is 232 g/mol. The molecule has 3 heteroatoms. The second-order valence-electron chi connectivity index (χ2n) is 3.35. The maximum atomic E-state index is 11.6. The van der Waals surface area contributed by atoms with Gasteiger partial charge in [0.05, 0.1) is 12.7 Å². The second-order valence-corrected chi connectivity index (χ2v) is 4.20. The lowest BCUT2D eigenvalue weighted by Crippen LogP contribution is -2.02. The first-order valence-corrected chi connectivity index (χ1v) is 6.14. The van der Waals surface area contributed by atoms with E-state index in [4.69, 9.17) is 4.74 Å². The zero-order valence-electron chi connectivity index (χ0n) is 9.19. The molecule has 0 aliphatic rings. The van der Waals surface area contributed by atoms with Gasteiger partial charge in [-0.05, 0) is 29.2 Å². The van der Waals surface area contributed by atoms with Gasteiger partial charge in [0, 0.05) is 4.90 Å². The van der Waals surface area contributed by atoms with Crippen LogP contribution in [0, 0.1) is 0 Å². The molecule has 82 valence electrons. The number of methoxy groups -OCH3 is 1. The lowest BCUT2D eigenvalue weighted by atomic mass is 10.0. The molecule has 2 nitrogen and oxygen atoms in total. The highest BCUT2D eigenvalue weighted by Crippen LogP contribution is 2.29. The van der Waals surface area contributed by atoms with Crippen LogP contribution in [0.2, 0.25) is 0 Å². The van der Waals surface area contributed by atoms with E-state index in [1.54, 1.807) is 11.8 Å². The fourth-order valence-corrected chi connectivity index (χ4v) is 2.34. The number of carbonyl (C=O) groups excluding carboxylic acids is 1. The van der Waals surface area contributed by atoms with Crippen LogP contribution in [-0.2, 0) is 4.74 Å². The Morgan fingerprint density at radius 1 is 1.12 bits per heavy atom. The molecule has 0 aromatic heterocycles. The minimum absolute atomic E-state index is 0.288. The van der Waals surface area contributed by atoms with Gasteiger partial charge < -0.3 is 4.74 Å². The Morgan fingerprint density at radius 3 is 2.44 bits per heavy atom. The van der Waals surface area contributed by atoms with E-state index >= 15 is 0 Å². The number of hydrogen-bond donors (Lipinski definition) is 0. The molecule has 2 aromatic rings. The van der Waals surface area contributed by atoms with Crippen molar-refractivity contribution in [2.45, 2.75) is 4.90 Å². The number of thioether (sulfide) groups is 1. The van der Waals surface area contributed by atoms with Crippen LogP contribution >= 0.6 is 11.8 Å². The predicted molar refractivity (Wildman–Crippen MR) is 67.1 cm³/mol. The summed E-state index contributed by atoms with van der Waals surface area (Å²) in [7, 11) is 1.40. The Kier molecular flexibility index (Phi) is 3.15. The summed E-state index contributed by atoms with van der Waals surface area (Å²) in [4.78, 5) is 12.8. The molecule has 0 fully saturated rings. The molecule has 0 radical (unpaired) electrons. The summed E-state index contributed by atoms with van der Waals surface area (Å²) in [6.07, 6.45) is 2.03. The summed E-state index contributed by atoms with van der Waals surface area (Å²) < 4.78 is 4.77. The second kappa shape index (κ2) is 4.58. The van der Waals surface area contributed by atoms with Crippen LogP contribution in [0.15, 0.2) is 41.3 Å². The van der Waals surface area contributed by atoms with Gasteiger partial charge in [-0.1, -0.05) is 24.3 Å². The van der Waals surface area contributed by atoms with Crippen molar-refractivity contribution in [3.8, 4) is 0 Å². The van der Waals surface area contributed by atoms with Crippen LogP contribution in [0.1, 0.15) is 10.4 Å². The fourth-order valence-electron chi connectivity index (χ4n) is 1.74. The first kappa shape index (κ1) is 11.0. The zero-order valence-corrected chi connectivity index (χ0v) is 10.0. The summed E-state index contributed by atoms with van der Waals surface area (Å²) in [6, 6.07) is 11.6. The molecule has 2 rings (SSSR count). The first-order valence-electron chi connectivity index (χ1n) is 4.92. The summed E-state index contributed by atoms with van der Waals surface area (Å²) in [5.41, 5.74) is 0.621. The molecule has 0 aliphatic carbocycles. The number of ether oxygens (including phenoxy) is 1. The van der Waals surface area contributed by atoms with Crippen molar-refractivity contribution in [2.24, 2.45) is 0 Å². The Bertz CT molecular complexity index is 534. The van der Waals surface area contributed by atoms with Crippen LogP contribution < -0.4 is 0 Å². The maximum Gasteiger partial charge on any atom is 0.338 e. The van der Waals surface area contributed by atoms with Gasteiger partial charge in [0.15, 0.2) is 0 Å². The van der Waals surface area contributed by atoms with Gasteiger partial charge in [0.2, 0.25) is 0 Å². The molecule has 0 atom stereocenters. The molecule has 16 heavy (non-hydrogen) atoms. The van der Waals surface area contributed by atoms with Crippen LogP contribution in [0.3, 0.4) is 0 Å². The minimum atomic E-state index is -0.288. The molecule has 0 saturated heterocycles. The standard InChI is InChI=1S/C13H12O2S/c1-15-13(14)11-7-8-12(16-2)10-6-4-3-5-9(10)11/h3-8H,1-2H3. The summed E-state index contributed by atoms with van der Waals surface area (Å²) >= 11 is 1.67. The molecule has 0 bridgehead atoms. The normalized spacial score (nSPS) is 10.4. The molecule has 0 amide bonds. The van der Waals surface area contributed by atoms with Crippen molar-refractivity contribution in [1.82, 2.24) is 0 Å². The summed E-state index contributed by atoms with van der Waals surface area (Å²) in [5.74, 6) is -0.288. The Balaban J connectivity index is 2.74. The molecule has 0 aliphatic heterocycles. The van der Waals surface area contributed by atoms with Gasteiger partial charge in [-0.2, -0.15) is 0 Å². The highest BCUT2D eigenvalue weighted by atomic mass is 32.2. The van der Waals surface area contributed by atoms with Crippen LogP contribution in [0.4, 0.5) is 0 Å². The maximum absolute atomic E-state index is 11.6. The highest BCUT2D eigenvalue weighted by molar-refractivity contribution is 7.98. The van der Waals surface area contributed by atoms with E-state index in [2.05, 4.69) is 0 Å². The van der Waals surface area contributed by atoms with Crippen LogP contribution in [0.5, 0.6) is 0 Å². The number of benzene rings is 2. The van der Waals surface area contributed by atoms with Gasteiger partial charge in [0.25, 0.3) is 0 Å². The molecule has 2 aromatic carbocycles. The third kappa shape index (κ3) is 1.78. The number of esters is 1. The van der Waals surface area contributed by atoms with E-state index in [0.717, 1.165) is 10.8 Å². The number of carbonyl (C=O) groups is 1. The topological polar surface area (TPSA) is 26.3 Å². The van der Waals surface area contributed by atoms with E-state index in [1.807, 2.05) is 42.7 Å². The van der Waals surface area contributed by atoms with Gasteiger partial charge in [-0.25, -0.2) is 4.79 Å².